The number of nitrogens with zero attached hydrogens (tertiary/aromatic N) is 2. The molecule has 4 heteroatoms. The topological polar surface area (TPSA) is 42.1 Å². The van der Waals surface area contributed by atoms with Crippen molar-refractivity contribution >= 4 is 17.6 Å². The Morgan fingerprint density at radius 1 is 1.29 bits per heavy atom. The molecule has 3 rings (SSSR count). The zero-order chi connectivity index (χ0) is 11.8. The van der Waals surface area contributed by atoms with Crippen molar-refractivity contribution < 1.29 is 0 Å². The number of aromatic nitrogens is 1. The zero-order valence-corrected chi connectivity index (χ0v) is 11.0. The van der Waals surface area contributed by atoms with Crippen LogP contribution in [0.5, 0.6) is 0 Å². The smallest absolute Gasteiger partial charge is 0.123 e. The largest absolute Gasteiger partial charge is 0.384 e. The van der Waals surface area contributed by atoms with Gasteiger partial charge in [-0.2, -0.15) is 0 Å². The van der Waals surface area contributed by atoms with E-state index >= 15 is 0 Å². The monoisotopic (exact) mass is 249 g/mol. The van der Waals surface area contributed by atoms with Crippen LogP contribution in [0.25, 0.3) is 0 Å². The molecule has 2 fully saturated rings. The minimum atomic E-state index is 0.609. The lowest BCUT2D eigenvalue weighted by Gasteiger charge is -2.35. The van der Waals surface area contributed by atoms with Gasteiger partial charge in [-0.05, 0) is 44.9 Å². The second-order valence-electron chi connectivity index (χ2n) is 5.18. The molecule has 3 nitrogen and oxygen atoms in total. The molecule has 0 saturated carbocycles. The van der Waals surface area contributed by atoms with E-state index in [-0.39, 0.29) is 0 Å². The Kier molecular flexibility index (Phi) is 3.01. The van der Waals surface area contributed by atoms with E-state index < -0.39 is 0 Å². The average Bonchev–Trinajstić information content (AvgIpc) is 2.55. The molecule has 2 saturated heterocycles. The number of nitrogens with two attached hydrogens (primary N) is 1. The second kappa shape index (κ2) is 4.50. The van der Waals surface area contributed by atoms with Crippen molar-refractivity contribution in [1.29, 1.82) is 0 Å². The Bertz CT molecular complexity index is 378. The summed E-state index contributed by atoms with van der Waals surface area (Å²) in [5.74, 6) is 0.609. The van der Waals surface area contributed by atoms with Gasteiger partial charge in [0.2, 0.25) is 0 Å². The van der Waals surface area contributed by atoms with E-state index in [1.807, 2.05) is 24.0 Å². The molecule has 2 unspecified atom stereocenters. The number of rotatable bonds is 2. The van der Waals surface area contributed by atoms with E-state index in [1.54, 1.807) is 0 Å². The fraction of sp³-hybridized carbons (Fsp3) is 0.615. The number of nitrogen functional groups attached to an aromatic ring is 1. The lowest BCUT2D eigenvalue weighted by Crippen LogP contribution is -2.40. The molecule has 1 aromatic heterocycles. The highest BCUT2D eigenvalue weighted by Crippen LogP contribution is 2.41. The van der Waals surface area contributed by atoms with Crippen LogP contribution in [0.4, 0.5) is 5.82 Å². The third-order valence-corrected chi connectivity index (χ3v) is 5.35. The highest BCUT2D eigenvalue weighted by Gasteiger charge is 2.38. The Labute approximate surface area is 107 Å². The molecule has 2 bridgehead atoms. The number of pyridine rings is 1. The molecule has 92 valence electrons. The highest BCUT2D eigenvalue weighted by atomic mass is 32.2. The number of hydrogen-bond acceptors (Lipinski definition) is 4. The SMILES string of the molecule is CN1C2CCC1CC(Sc1ccc(N)nc1)C2. The summed E-state index contributed by atoms with van der Waals surface area (Å²) in [6.07, 6.45) is 7.32. The first-order valence-corrected chi connectivity index (χ1v) is 7.20. The maximum absolute atomic E-state index is 5.61. The molecule has 0 spiro atoms. The molecule has 0 aromatic carbocycles. The zero-order valence-electron chi connectivity index (χ0n) is 10.2. The van der Waals surface area contributed by atoms with E-state index in [2.05, 4.69) is 23.0 Å². The molecular weight excluding hydrogens is 230 g/mol. The van der Waals surface area contributed by atoms with Crippen LogP contribution in [0.1, 0.15) is 25.7 Å². The maximum atomic E-state index is 5.61. The Hall–Kier alpha value is -0.740. The van der Waals surface area contributed by atoms with Gasteiger partial charge in [0, 0.05) is 28.4 Å². The maximum Gasteiger partial charge on any atom is 0.123 e. The summed E-state index contributed by atoms with van der Waals surface area (Å²) in [6, 6.07) is 5.61. The van der Waals surface area contributed by atoms with Crippen molar-refractivity contribution in [1.82, 2.24) is 9.88 Å². The van der Waals surface area contributed by atoms with Gasteiger partial charge in [0.25, 0.3) is 0 Å². The highest BCUT2D eigenvalue weighted by molar-refractivity contribution is 8.00. The normalized spacial score (nSPS) is 32.9. The van der Waals surface area contributed by atoms with Crippen LogP contribution < -0.4 is 5.73 Å². The van der Waals surface area contributed by atoms with Gasteiger partial charge in [0.05, 0.1) is 0 Å². The van der Waals surface area contributed by atoms with Crippen LogP contribution in [-0.4, -0.2) is 34.3 Å². The minimum absolute atomic E-state index is 0.609. The van der Waals surface area contributed by atoms with E-state index in [4.69, 9.17) is 5.73 Å². The first-order valence-electron chi connectivity index (χ1n) is 6.32. The molecule has 0 aliphatic carbocycles. The van der Waals surface area contributed by atoms with Crippen LogP contribution >= 0.6 is 11.8 Å². The van der Waals surface area contributed by atoms with Gasteiger partial charge in [-0.1, -0.05) is 0 Å². The Morgan fingerprint density at radius 2 is 2.00 bits per heavy atom. The third-order valence-electron chi connectivity index (χ3n) is 4.12. The summed E-state index contributed by atoms with van der Waals surface area (Å²) in [5, 5.41) is 0.758. The quantitative estimate of drug-likeness (QED) is 0.874. The van der Waals surface area contributed by atoms with Gasteiger partial charge >= 0.3 is 0 Å². The summed E-state index contributed by atoms with van der Waals surface area (Å²) in [7, 11) is 2.29. The molecule has 2 N–H and O–H groups in total. The van der Waals surface area contributed by atoms with Crippen molar-refractivity contribution in [3.8, 4) is 0 Å². The van der Waals surface area contributed by atoms with E-state index in [0.717, 1.165) is 17.3 Å². The molecule has 17 heavy (non-hydrogen) atoms. The van der Waals surface area contributed by atoms with Crippen molar-refractivity contribution in [2.45, 2.75) is 47.9 Å². The standard InChI is InChI=1S/C13H19N3S/c1-16-9-2-3-10(16)7-12(6-9)17-11-4-5-13(14)15-8-11/h4-5,8-10,12H,2-3,6-7H2,1H3,(H2,14,15). The van der Waals surface area contributed by atoms with Crippen LogP contribution in [0, 0.1) is 0 Å². The molecule has 2 atom stereocenters. The van der Waals surface area contributed by atoms with Crippen molar-refractivity contribution in [3.05, 3.63) is 18.3 Å². The Balaban J connectivity index is 1.65. The third kappa shape index (κ3) is 2.29. The van der Waals surface area contributed by atoms with Gasteiger partial charge in [-0.15, -0.1) is 11.8 Å². The summed E-state index contributed by atoms with van der Waals surface area (Å²) in [5.41, 5.74) is 5.61. The summed E-state index contributed by atoms with van der Waals surface area (Å²) in [6.45, 7) is 0. The minimum Gasteiger partial charge on any atom is -0.384 e. The first-order chi connectivity index (χ1) is 8.22. The van der Waals surface area contributed by atoms with Gasteiger partial charge in [-0.3, -0.25) is 0 Å². The first kappa shape index (κ1) is 11.4. The predicted molar refractivity (Wildman–Crippen MR) is 72.1 cm³/mol. The van der Waals surface area contributed by atoms with Crippen LogP contribution in [0.15, 0.2) is 23.2 Å². The van der Waals surface area contributed by atoms with Gasteiger partial charge in [-0.25, -0.2) is 4.98 Å². The number of fused-ring (bicyclic) bond motifs is 2. The molecule has 3 heterocycles. The predicted octanol–water partition coefficient (Wildman–Crippen LogP) is 2.38. The lowest BCUT2D eigenvalue weighted by molar-refractivity contribution is 0.183. The number of anilines is 1. The fourth-order valence-corrected chi connectivity index (χ4v) is 4.39. The van der Waals surface area contributed by atoms with Crippen molar-refractivity contribution in [2.24, 2.45) is 0 Å². The van der Waals surface area contributed by atoms with Crippen molar-refractivity contribution in [2.75, 3.05) is 12.8 Å². The molecule has 0 radical (unpaired) electrons. The average molecular weight is 249 g/mol. The van der Waals surface area contributed by atoms with Gasteiger partial charge in [0.15, 0.2) is 0 Å². The summed E-state index contributed by atoms with van der Waals surface area (Å²) in [4.78, 5) is 8.00. The number of thioether (sulfide) groups is 1. The molecular formula is C13H19N3S. The Morgan fingerprint density at radius 3 is 2.59 bits per heavy atom. The molecule has 2 aliphatic heterocycles. The van der Waals surface area contributed by atoms with Gasteiger partial charge in [0.1, 0.15) is 5.82 Å². The fourth-order valence-electron chi connectivity index (χ4n) is 3.11. The van der Waals surface area contributed by atoms with E-state index in [9.17, 15) is 0 Å². The van der Waals surface area contributed by atoms with E-state index in [1.165, 1.54) is 30.6 Å². The second-order valence-corrected chi connectivity index (χ2v) is 6.55. The molecule has 1 aromatic rings. The molecule has 2 aliphatic rings. The lowest BCUT2D eigenvalue weighted by atomic mass is 10.0. The number of hydrogen-bond donors (Lipinski definition) is 1. The number of piperidine rings is 1. The van der Waals surface area contributed by atoms with Crippen LogP contribution in [0.3, 0.4) is 0 Å². The van der Waals surface area contributed by atoms with Gasteiger partial charge < -0.3 is 10.6 Å². The van der Waals surface area contributed by atoms with Crippen LogP contribution in [0.2, 0.25) is 0 Å². The molecule has 0 amide bonds. The summed E-state index contributed by atoms with van der Waals surface area (Å²) >= 11 is 1.98. The van der Waals surface area contributed by atoms with E-state index in [0.29, 0.717) is 5.82 Å². The van der Waals surface area contributed by atoms with Crippen LogP contribution in [-0.2, 0) is 0 Å². The summed E-state index contributed by atoms with van der Waals surface area (Å²) < 4.78 is 0. The van der Waals surface area contributed by atoms with Crippen molar-refractivity contribution in [3.63, 3.8) is 0 Å².